The van der Waals surface area contributed by atoms with Crippen LogP contribution in [-0.4, -0.2) is 26.7 Å². The van der Waals surface area contributed by atoms with Gasteiger partial charge in [0.1, 0.15) is 17.9 Å². The molecule has 0 radical (unpaired) electrons. The first-order valence-electron chi connectivity index (χ1n) is 5.98. The molecule has 0 atom stereocenters. The Labute approximate surface area is 113 Å². The fourth-order valence-electron chi connectivity index (χ4n) is 1.90. The maximum absolute atomic E-state index is 11.2. The van der Waals surface area contributed by atoms with Crippen LogP contribution in [0, 0.1) is 18.3 Å². The van der Waals surface area contributed by atoms with Gasteiger partial charge in [-0.05, 0) is 25.0 Å². The predicted octanol–water partition coefficient (Wildman–Crippen LogP) is 1.58. The second-order valence-electron chi connectivity index (χ2n) is 4.02. The molecule has 0 heterocycles. The van der Waals surface area contributed by atoms with Crippen LogP contribution in [0.4, 0.5) is 0 Å². The van der Waals surface area contributed by atoms with Gasteiger partial charge in [-0.1, -0.05) is 6.07 Å². The van der Waals surface area contributed by atoms with Crippen molar-refractivity contribution < 1.29 is 14.3 Å². The smallest absolute Gasteiger partial charge is 0.234 e. The van der Waals surface area contributed by atoms with Gasteiger partial charge in [-0.15, -0.1) is 0 Å². The number of carbonyl (C=O) groups excluding carboxylic acids is 1. The number of hydrogen-bond donors (Lipinski definition) is 1. The zero-order chi connectivity index (χ0) is 14.3. The predicted molar refractivity (Wildman–Crippen MR) is 71.2 cm³/mol. The maximum Gasteiger partial charge on any atom is 0.234 e. The molecule has 0 fully saturated rings. The molecule has 0 spiro atoms. The summed E-state index contributed by atoms with van der Waals surface area (Å²) in [5, 5.41) is 11.1. The van der Waals surface area contributed by atoms with Crippen molar-refractivity contribution >= 4 is 5.91 Å². The molecule has 0 unspecified atom stereocenters. The normalized spacial score (nSPS) is 9.58. The number of nitrogens with zero attached hydrogens (tertiary/aromatic N) is 1. The Morgan fingerprint density at radius 2 is 2.11 bits per heavy atom. The highest BCUT2D eigenvalue weighted by molar-refractivity contribution is 5.77. The van der Waals surface area contributed by atoms with Crippen LogP contribution in [0.15, 0.2) is 12.1 Å². The van der Waals surface area contributed by atoms with Gasteiger partial charge in [0, 0.05) is 12.1 Å². The molecular weight excluding hydrogens is 244 g/mol. The third kappa shape index (κ3) is 3.88. The Hall–Kier alpha value is -2.22. The minimum atomic E-state index is -0.258. The summed E-state index contributed by atoms with van der Waals surface area (Å²) in [4.78, 5) is 11.2. The van der Waals surface area contributed by atoms with Gasteiger partial charge in [-0.3, -0.25) is 4.79 Å². The van der Waals surface area contributed by atoms with Gasteiger partial charge in [-0.2, -0.15) is 5.26 Å². The van der Waals surface area contributed by atoms with E-state index in [2.05, 4.69) is 5.32 Å². The first-order chi connectivity index (χ1) is 9.13. The molecule has 5 heteroatoms. The summed E-state index contributed by atoms with van der Waals surface area (Å²) in [5.74, 6) is 1.29. The number of hydrogen-bond acceptors (Lipinski definition) is 4. The van der Waals surface area contributed by atoms with Gasteiger partial charge in [0.25, 0.3) is 0 Å². The van der Waals surface area contributed by atoms with Crippen LogP contribution in [0.2, 0.25) is 0 Å². The van der Waals surface area contributed by atoms with E-state index < -0.39 is 0 Å². The summed E-state index contributed by atoms with van der Waals surface area (Å²) in [7, 11) is 3.23. The summed E-state index contributed by atoms with van der Waals surface area (Å²) < 4.78 is 10.6. The van der Waals surface area contributed by atoms with Crippen molar-refractivity contribution in [2.75, 3.05) is 20.8 Å². The zero-order valence-corrected chi connectivity index (χ0v) is 11.4. The van der Waals surface area contributed by atoms with Crippen LogP contribution in [-0.2, 0) is 11.2 Å². The van der Waals surface area contributed by atoms with Gasteiger partial charge in [0.05, 0.1) is 20.3 Å². The topological polar surface area (TPSA) is 71.3 Å². The molecule has 1 amide bonds. The number of methoxy groups -OCH3 is 2. The number of amides is 1. The lowest BCUT2D eigenvalue weighted by molar-refractivity contribution is -0.120. The lowest BCUT2D eigenvalue weighted by Gasteiger charge is -2.14. The molecular formula is C14H18N2O3. The van der Waals surface area contributed by atoms with E-state index >= 15 is 0 Å². The van der Waals surface area contributed by atoms with Crippen LogP contribution < -0.4 is 14.8 Å². The third-order valence-electron chi connectivity index (χ3n) is 2.82. The van der Waals surface area contributed by atoms with Crippen LogP contribution >= 0.6 is 0 Å². The Bertz CT molecular complexity index is 492. The second-order valence-corrected chi connectivity index (χ2v) is 4.02. The Kier molecular flexibility index (Phi) is 5.68. The van der Waals surface area contributed by atoms with Crippen molar-refractivity contribution in [1.82, 2.24) is 5.32 Å². The zero-order valence-electron chi connectivity index (χ0n) is 11.4. The van der Waals surface area contributed by atoms with Crippen molar-refractivity contribution in [3.05, 3.63) is 23.3 Å². The van der Waals surface area contributed by atoms with Gasteiger partial charge in [0.2, 0.25) is 5.91 Å². The molecule has 0 aliphatic carbocycles. The minimum Gasteiger partial charge on any atom is -0.496 e. The van der Waals surface area contributed by atoms with Crippen molar-refractivity contribution in [2.24, 2.45) is 0 Å². The monoisotopic (exact) mass is 262 g/mol. The SMILES string of the molecule is COc1ccc(CCNC(=O)CC#N)c(OC)c1C. The van der Waals surface area contributed by atoms with Crippen molar-refractivity contribution in [2.45, 2.75) is 19.8 Å². The lowest BCUT2D eigenvalue weighted by atomic mass is 10.1. The molecule has 0 aromatic heterocycles. The van der Waals surface area contributed by atoms with Crippen LogP contribution in [0.5, 0.6) is 11.5 Å². The first-order valence-corrected chi connectivity index (χ1v) is 5.98. The number of nitrogens with one attached hydrogen (secondary N) is 1. The van der Waals surface area contributed by atoms with Crippen molar-refractivity contribution in [3.8, 4) is 17.6 Å². The standard InChI is InChI=1S/C14H18N2O3/c1-10-12(18-2)5-4-11(14(10)19-3)7-9-16-13(17)6-8-15/h4-5H,6-7,9H2,1-3H3,(H,16,17). The summed E-state index contributed by atoms with van der Waals surface area (Å²) in [6, 6.07) is 5.61. The Morgan fingerprint density at radius 3 is 2.68 bits per heavy atom. The minimum absolute atomic E-state index is 0.112. The number of carbonyl (C=O) groups is 1. The molecule has 1 aromatic rings. The summed E-state index contributed by atoms with van der Waals surface area (Å²) in [5.41, 5.74) is 1.93. The van der Waals surface area contributed by atoms with E-state index in [0.29, 0.717) is 13.0 Å². The third-order valence-corrected chi connectivity index (χ3v) is 2.82. The second kappa shape index (κ2) is 7.27. The van der Waals surface area contributed by atoms with Crippen LogP contribution in [0.25, 0.3) is 0 Å². The summed E-state index contributed by atoms with van der Waals surface area (Å²) >= 11 is 0. The highest BCUT2D eigenvalue weighted by Gasteiger charge is 2.11. The molecule has 102 valence electrons. The van der Waals surface area contributed by atoms with Crippen LogP contribution in [0.1, 0.15) is 17.5 Å². The average Bonchev–Trinajstić information content (AvgIpc) is 2.39. The highest BCUT2D eigenvalue weighted by atomic mass is 16.5. The fourth-order valence-corrected chi connectivity index (χ4v) is 1.90. The van der Waals surface area contributed by atoms with Crippen molar-refractivity contribution in [3.63, 3.8) is 0 Å². The molecule has 0 aliphatic heterocycles. The van der Waals surface area contributed by atoms with E-state index in [1.807, 2.05) is 25.1 Å². The lowest BCUT2D eigenvalue weighted by Crippen LogP contribution is -2.25. The largest absolute Gasteiger partial charge is 0.496 e. The number of ether oxygens (including phenoxy) is 2. The van der Waals surface area contributed by atoms with Crippen molar-refractivity contribution in [1.29, 1.82) is 5.26 Å². The molecule has 0 saturated heterocycles. The number of nitriles is 1. The van der Waals surface area contributed by atoms with E-state index in [1.54, 1.807) is 14.2 Å². The van der Waals surface area contributed by atoms with E-state index in [0.717, 1.165) is 22.6 Å². The molecule has 5 nitrogen and oxygen atoms in total. The molecule has 0 bridgehead atoms. The fraction of sp³-hybridized carbons (Fsp3) is 0.429. The molecule has 1 N–H and O–H groups in total. The van der Waals surface area contributed by atoms with E-state index in [1.165, 1.54) is 0 Å². The quantitative estimate of drug-likeness (QED) is 0.845. The number of benzene rings is 1. The molecule has 19 heavy (non-hydrogen) atoms. The summed E-state index contributed by atoms with van der Waals surface area (Å²) in [6.07, 6.45) is 0.532. The van der Waals surface area contributed by atoms with E-state index in [-0.39, 0.29) is 12.3 Å². The Morgan fingerprint density at radius 1 is 1.37 bits per heavy atom. The Balaban J connectivity index is 2.71. The first kappa shape index (κ1) is 14.8. The molecule has 1 rings (SSSR count). The maximum atomic E-state index is 11.2. The van der Waals surface area contributed by atoms with Gasteiger partial charge < -0.3 is 14.8 Å². The highest BCUT2D eigenvalue weighted by Crippen LogP contribution is 2.31. The van der Waals surface area contributed by atoms with Gasteiger partial charge in [-0.25, -0.2) is 0 Å². The van der Waals surface area contributed by atoms with Gasteiger partial charge in [0.15, 0.2) is 0 Å². The van der Waals surface area contributed by atoms with Crippen LogP contribution in [0.3, 0.4) is 0 Å². The number of rotatable bonds is 6. The van der Waals surface area contributed by atoms with E-state index in [4.69, 9.17) is 14.7 Å². The summed E-state index contributed by atoms with van der Waals surface area (Å²) in [6.45, 7) is 2.40. The molecule has 1 aromatic carbocycles. The van der Waals surface area contributed by atoms with Gasteiger partial charge >= 0.3 is 0 Å². The van der Waals surface area contributed by atoms with E-state index in [9.17, 15) is 4.79 Å². The average molecular weight is 262 g/mol. The molecule has 0 aliphatic rings. The molecule has 0 saturated carbocycles.